The number of benzene rings is 1. The second kappa shape index (κ2) is 8.31. The number of nitrogens with two attached hydrogens (primary N) is 1. The van der Waals surface area contributed by atoms with Crippen molar-refractivity contribution < 1.29 is 0 Å². The lowest BCUT2D eigenvalue weighted by molar-refractivity contribution is 0.277. The summed E-state index contributed by atoms with van der Waals surface area (Å²) in [6.45, 7) is 4.17. The minimum absolute atomic E-state index is 0.179. The molecule has 2 heterocycles. The van der Waals surface area contributed by atoms with Gasteiger partial charge in [0.05, 0.1) is 0 Å². The Morgan fingerprint density at radius 2 is 1.67 bits per heavy atom. The van der Waals surface area contributed by atoms with Gasteiger partial charge in [0.1, 0.15) is 11.0 Å². The number of rotatable bonds is 5. The van der Waals surface area contributed by atoms with Crippen LogP contribution in [0.3, 0.4) is 0 Å². The molecule has 3 rings (SSSR count). The zero-order valence-electron chi connectivity index (χ0n) is 13.8. The molecule has 3 N–H and O–H groups in total. The minimum Gasteiger partial charge on any atom is -0.368 e. The largest absolute Gasteiger partial charge is 0.368 e. The Labute approximate surface area is 148 Å². The van der Waals surface area contributed by atoms with Gasteiger partial charge in [-0.15, -0.1) is 0 Å². The molecule has 0 spiro atoms. The Hall–Kier alpha value is -1.85. The van der Waals surface area contributed by atoms with Crippen LogP contribution in [0.1, 0.15) is 36.8 Å². The van der Waals surface area contributed by atoms with E-state index in [1.54, 1.807) is 6.07 Å². The third-order valence-electron chi connectivity index (χ3n) is 4.31. The first-order valence-corrected chi connectivity index (χ1v) is 8.91. The van der Waals surface area contributed by atoms with Crippen LogP contribution in [0.5, 0.6) is 0 Å². The Balaban J connectivity index is 1.54. The number of aromatic nitrogens is 2. The van der Waals surface area contributed by atoms with Gasteiger partial charge in [0.25, 0.3) is 0 Å². The summed E-state index contributed by atoms with van der Waals surface area (Å²) >= 11 is 5.88. The molecular weight excluding hydrogens is 322 g/mol. The van der Waals surface area contributed by atoms with Crippen LogP contribution in [0.2, 0.25) is 5.15 Å². The zero-order chi connectivity index (χ0) is 16.8. The molecule has 24 heavy (non-hydrogen) atoms. The normalized spacial score (nSPS) is 15.9. The van der Waals surface area contributed by atoms with Gasteiger partial charge in [-0.05, 0) is 37.1 Å². The topological polar surface area (TPSA) is 67.1 Å². The monoisotopic (exact) mass is 345 g/mol. The van der Waals surface area contributed by atoms with Gasteiger partial charge in [-0.2, -0.15) is 4.98 Å². The number of hydrogen-bond acceptors (Lipinski definition) is 5. The first-order valence-electron chi connectivity index (χ1n) is 8.53. The molecule has 0 radical (unpaired) electrons. The van der Waals surface area contributed by atoms with E-state index in [4.69, 9.17) is 17.3 Å². The molecule has 1 fully saturated rings. The Morgan fingerprint density at radius 3 is 2.33 bits per heavy atom. The Bertz CT molecular complexity index is 631. The van der Waals surface area contributed by atoms with Gasteiger partial charge in [-0.3, -0.25) is 4.90 Å². The van der Waals surface area contributed by atoms with E-state index in [2.05, 4.69) is 44.5 Å². The van der Waals surface area contributed by atoms with Gasteiger partial charge in [0, 0.05) is 19.2 Å². The summed E-state index contributed by atoms with van der Waals surface area (Å²) in [5, 5.41) is 3.57. The van der Waals surface area contributed by atoms with Gasteiger partial charge < -0.3 is 11.1 Å². The first-order chi connectivity index (χ1) is 11.7. The molecule has 1 aromatic carbocycles. The second-order valence-electron chi connectivity index (χ2n) is 6.29. The minimum atomic E-state index is 0.179. The Morgan fingerprint density at radius 1 is 1.00 bits per heavy atom. The van der Waals surface area contributed by atoms with Crippen LogP contribution in [-0.4, -0.2) is 28.0 Å². The van der Waals surface area contributed by atoms with Crippen LogP contribution >= 0.6 is 11.6 Å². The molecule has 0 unspecified atom stereocenters. The number of hydrogen-bond donors (Lipinski definition) is 2. The number of halogens is 1. The quantitative estimate of drug-likeness (QED) is 0.809. The van der Waals surface area contributed by atoms with Crippen LogP contribution in [-0.2, 0) is 13.1 Å². The summed E-state index contributed by atoms with van der Waals surface area (Å²) in [7, 11) is 0. The summed E-state index contributed by atoms with van der Waals surface area (Å²) in [5.41, 5.74) is 8.16. The molecule has 0 saturated carbocycles. The van der Waals surface area contributed by atoms with E-state index in [1.807, 2.05) is 0 Å². The van der Waals surface area contributed by atoms with Crippen molar-refractivity contribution in [3.05, 3.63) is 46.6 Å². The fourth-order valence-corrected chi connectivity index (χ4v) is 3.22. The van der Waals surface area contributed by atoms with Gasteiger partial charge in [-0.25, -0.2) is 4.98 Å². The predicted octanol–water partition coefficient (Wildman–Crippen LogP) is 3.70. The van der Waals surface area contributed by atoms with Gasteiger partial charge in [0.2, 0.25) is 5.95 Å². The predicted molar refractivity (Wildman–Crippen MR) is 99.0 cm³/mol. The molecule has 0 amide bonds. The molecule has 128 valence electrons. The van der Waals surface area contributed by atoms with Gasteiger partial charge in [-0.1, -0.05) is 48.7 Å². The van der Waals surface area contributed by atoms with Crippen LogP contribution in [0.15, 0.2) is 30.3 Å². The fourth-order valence-electron chi connectivity index (χ4n) is 3.03. The molecule has 0 bridgehead atoms. The van der Waals surface area contributed by atoms with Crippen molar-refractivity contribution in [2.24, 2.45) is 0 Å². The van der Waals surface area contributed by atoms with E-state index in [-0.39, 0.29) is 5.95 Å². The van der Waals surface area contributed by atoms with E-state index in [0.717, 1.165) is 6.54 Å². The molecule has 0 atom stereocenters. The average Bonchev–Trinajstić information content (AvgIpc) is 2.82. The van der Waals surface area contributed by atoms with E-state index >= 15 is 0 Å². The smallest absolute Gasteiger partial charge is 0.223 e. The Kier molecular flexibility index (Phi) is 5.88. The van der Waals surface area contributed by atoms with Crippen LogP contribution < -0.4 is 11.1 Å². The van der Waals surface area contributed by atoms with Crippen LogP contribution in [0.25, 0.3) is 0 Å². The molecule has 6 heteroatoms. The van der Waals surface area contributed by atoms with Crippen molar-refractivity contribution in [1.82, 2.24) is 14.9 Å². The first kappa shape index (κ1) is 17.0. The third-order valence-corrected chi connectivity index (χ3v) is 4.51. The standard InChI is InChI=1S/C18H24ClN5/c19-16-11-17(23-18(20)22-16)21-12-14-5-7-15(8-6-14)13-24-9-3-1-2-4-10-24/h5-8,11H,1-4,9-10,12-13H2,(H3,20,21,22,23). The number of likely N-dealkylation sites (tertiary alicyclic amines) is 1. The van der Waals surface area contributed by atoms with Crippen molar-refractivity contribution >= 4 is 23.4 Å². The van der Waals surface area contributed by atoms with Crippen molar-refractivity contribution in [3.63, 3.8) is 0 Å². The molecule has 1 saturated heterocycles. The van der Waals surface area contributed by atoms with E-state index in [1.165, 1.54) is 49.9 Å². The molecule has 1 aromatic heterocycles. The van der Waals surface area contributed by atoms with Gasteiger partial charge >= 0.3 is 0 Å². The maximum atomic E-state index is 5.88. The van der Waals surface area contributed by atoms with Gasteiger partial charge in [0.15, 0.2) is 0 Å². The van der Waals surface area contributed by atoms with E-state index in [0.29, 0.717) is 17.5 Å². The number of nitrogens with zero attached hydrogens (tertiary/aromatic N) is 3. The number of nitrogen functional groups attached to an aromatic ring is 1. The summed E-state index contributed by atoms with van der Waals surface area (Å²) < 4.78 is 0. The summed E-state index contributed by atoms with van der Waals surface area (Å²) in [5.74, 6) is 0.818. The van der Waals surface area contributed by atoms with E-state index in [9.17, 15) is 0 Å². The van der Waals surface area contributed by atoms with Crippen molar-refractivity contribution in [2.45, 2.75) is 38.8 Å². The molecule has 0 aliphatic carbocycles. The summed E-state index contributed by atoms with van der Waals surface area (Å²) in [6.07, 6.45) is 5.40. The highest BCUT2D eigenvalue weighted by Gasteiger charge is 2.09. The maximum absolute atomic E-state index is 5.88. The summed E-state index contributed by atoms with van der Waals surface area (Å²) in [6, 6.07) is 10.4. The SMILES string of the molecule is Nc1nc(Cl)cc(NCc2ccc(CN3CCCCCC3)cc2)n1. The third kappa shape index (κ3) is 5.08. The molecule has 1 aliphatic heterocycles. The summed E-state index contributed by atoms with van der Waals surface area (Å²) in [4.78, 5) is 10.5. The zero-order valence-corrected chi connectivity index (χ0v) is 14.6. The molecular formula is C18H24ClN5. The van der Waals surface area contributed by atoms with Crippen LogP contribution in [0.4, 0.5) is 11.8 Å². The highest BCUT2D eigenvalue weighted by atomic mass is 35.5. The van der Waals surface area contributed by atoms with Crippen LogP contribution in [0, 0.1) is 0 Å². The lowest BCUT2D eigenvalue weighted by atomic mass is 10.1. The number of nitrogens with one attached hydrogen (secondary N) is 1. The fraction of sp³-hybridized carbons (Fsp3) is 0.444. The lowest BCUT2D eigenvalue weighted by Gasteiger charge is -2.19. The average molecular weight is 346 g/mol. The van der Waals surface area contributed by atoms with Crippen molar-refractivity contribution in [2.75, 3.05) is 24.1 Å². The lowest BCUT2D eigenvalue weighted by Crippen LogP contribution is -2.23. The molecule has 2 aromatic rings. The van der Waals surface area contributed by atoms with E-state index < -0.39 is 0 Å². The highest BCUT2D eigenvalue weighted by Crippen LogP contribution is 2.16. The molecule has 1 aliphatic rings. The van der Waals surface area contributed by atoms with Crippen molar-refractivity contribution in [3.8, 4) is 0 Å². The number of anilines is 2. The maximum Gasteiger partial charge on any atom is 0.223 e. The molecule has 5 nitrogen and oxygen atoms in total. The second-order valence-corrected chi connectivity index (χ2v) is 6.68. The highest BCUT2D eigenvalue weighted by molar-refractivity contribution is 6.29. The van der Waals surface area contributed by atoms with Crippen molar-refractivity contribution in [1.29, 1.82) is 0 Å².